The van der Waals surface area contributed by atoms with E-state index in [0.29, 0.717) is 6.54 Å². The van der Waals surface area contributed by atoms with Crippen molar-refractivity contribution in [1.29, 1.82) is 0 Å². The van der Waals surface area contributed by atoms with Crippen LogP contribution in [0.4, 0.5) is 0 Å². The van der Waals surface area contributed by atoms with Crippen LogP contribution in [-0.2, 0) is 22.6 Å². The van der Waals surface area contributed by atoms with Gasteiger partial charge in [0.25, 0.3) is 0 Å². The number of nitrogens with zero attached hydrogens (tertiary/aromatic N) is 1. The highest BCUT2D eigenvalue weighted by atomic mass is 79.9. The van der Waals surface area contributed by atoms with Crippen molar-refractivity contribution in [3.05, 3.63) is 69.7 Å². The van der Waals surface area contributed by atoms with Crippen molar-refractivity contribution in [3.8, 4) is 0 Å². The standard InChI is InChI=1S/C23H29BrN2O2/c1-5-17(3)25-23(28)18(4)26(15-19-10-8-12-21(24)13-19)22(27)14-20-11-7-6-9-16(20)2/h6-13,17-18H,5,14-15H2,1-4H3,(H,25,28)/t17-,18+/m0/s1. The first-order valence-corrected chi connectivity index (χ1v) is 10.5. The molecular weight excluding hydrogens is 416 g/mol. The van der Waals surface area contributed by atoms with Gasteiger partial charge in [-0.15, -0.1) is 0 Å². The Balaban J connectivity index is 2.25. The number of hydrogen-bond acceptors (Lipinski definition) is 2. The number of benzene rings is 2. The zero-order valence-corrected chi connectivity index (χ0v) is 18.6. The van der Waals surface area contributed by atoms with Gasteiger partial charge >= 0.3 is 0 Å². The van der Waals surface area contributed by atoms with Crippen molar-refractivity contribution >= 4 is 27.7 Å². The molecule has 0 saturated carbocycles. The van der Waals surface area contributed by atoms with Crippen molar-refractivity contribution < 1.29 is 9.59 Å². The minimum absolute atomic E-state index is 0.0546. The summed E-state index contributed by atoms with van der Waals surface area (Å²) in [6.07, 6.45) is 1.13. The molecule has 4 nitrogen and oxygen atoms in total. The third-order valence-electron chi connectivity index (χ3n) is 5.01. The monoisotopic (exact) mass is 444 g/mol. The minimum atomic E-state index is -0.551. The van der Waals surface area contributed by atoms with Gasteiger partial charge in [-0.25, -0.2) is 0 Å². The maximum absolute atomic E-state index is 13.2. The molecule has 5 heteroatoms. The number of nitrogens with one attached hydrogen (secondary N) is 1. The fourth-order valence-corrected chi connectivity index (χ4v) is 3.40. The maximum Gasteiger partial charge on any atom is 0.242 e. The van der Waals surface area contributed by atoms with Crippen molar-refractivity contribution in [2.24, 2.45) is 0 Å². The van der Waals surface area contributed by atoms with Gasteiger partial charge in [0.15, 0.2) is 0 Å². The summed E-state index contributed by atoms with van der Waals surface area (Å²) in [6, 6.07) is 15.2. The summed E-state index contributed by atoms with van der Waals surface area (Å²) < 4.78 is 0.952. The summed E-state index contributed by atoms with van der Waals surface area (Å²) in [4.78, 5) is 27.6. The van der Waals surface area contributed by atoms with E-state index in [1.165, 1.54) is 0 Å². The Morgan fingerprint density at radius 1 is 1.11 bits per heavy atom. The van der Waals surface area contributed by atoms with E-state index >= 15 is 0 Å². The topological polar surface area (TPSA) is 49.4 Å². The van der Waals surface area contributed by atoms with Gasteiger partial charge in [0.05, 0.1) is 6.42 Å². The summed E-state index contributed by atoms with van der Waals surface area (Å²) >= 11 is 3.48. The fourth-order valence-electron chi connectivity index (χ4n) is 2.95. The molecule has 0 saturated heterocycles. The highest BCUT2D eigenvalue weighted by Gasteiger charge is 2.27. The van der Waals surface area contributed by atoms with Gasteiger partial charge in [-0.05, 0) is 56.0 Å². The summed E-state index contributed by atoms with van der Waals surface area (Å²) in [5, 5.41) is 2.99. The third kappa shape index (κ3) is 6.20. The van der Waals surface area contributed by atoms with Crippen LogP contribution in [0.3, 0.4) is 0 Å². The highest BCUT2D eigenvalue weighted by molar-refractivity contribution is 9.10. The lowest BCUT2D eigenvalue weighted by atomic mass is 10.0. The van der Waals surface area contributed by atoms with E-state index in [0.717, 1.165) is 27.6 Å². The fraction of sp³-hybridized carbons (Fsp3) is 0.391. The Bertz CT molecular complexity index is 822. The van der Waals surface area contributed by atoms with Crippen LogP contribution in [-0.4, -0.2) is 28.8 Å². The average Bonchev–Trinajstić information content (AvgIpc) is 2.67. The van der Waals surface area contributed by atoms with E-state index in [4.69, 9.17) is 0 Å². The molecule has 150 valence electrons. The van der Waals surface area contributed by atoms with Crippen LogP contribution in [0.25, 0.3) is 0 Å². The predicted octanol–water partition coefficient (Wildman–Crippen LogP) is 4.63. The molecule has 0 radical (unpaired) electrons. The zero-order valence-electron chi connectivity index (χ0n) is 17.0. The van der Waals surface area contributed by atoms with Crippen LogP contribution in [0.5, 0.6) is 0 Å². The number of carbonyl (C=O) groups is 2. The lowest BCUT2D eigenvalue weighted by Crippen LogP contribution is -2.49. The van der Waals surface area contributed by atoms with E-state index in [9.17, 15) is 9.59 Å². The molecule has 0 aliphatic rings. The molecule has 0 bridgehead atoms. The number of halogens is 1. The first-order chi connectivity index (χ1) is 13.3. The van der Waals surface area contributed by atoms with E-state index in [1.807, 2.05) is 69.3 Å². The van der Waals surface area contributed by atoms with Crippen LogP contribution in [0, 0.1) is 6.92 Å². The summed E-state index contributed by atoms with van der Waals surface area (Å²) in [5.74, 6) is -0.177. The normalized spacial score (nSPS) is 12.9. The zero-order chi connectivity index (χ0) is 20.7. The Labute approximate surface area is 176 Å². The summed E-state index contributed by atoms with van der Waals surface area (Å²) in [7, 11) is 0. The molecule has 2 aromatic carbocycles. The molecule has 2 atom stereocenters. The molecule has 0 spiro atoms. The van der Waals surface area contributed by atoms with Crippen LogP contribution < -0.4 is 5.32 Å². The minimum Gasteiger partial charge on any atom is -0.352 e. The third-order valence-corrected chi connectivity index (χ3v) is 5.51. The molecule has 0 unspecified atom stereocenters. The Kier molecular flexibility index (Phi) is 8.24. The smallest absolute Gasteiger partial charge is 0.242 e. The van der Waals surface area contributed by atoms with Crippen molar-refractivity contribution in [1.82, 2.24) is 10.2 Å². The highest BCUT2D eigenvalue weighted by Crippen LogP contribution is 2.17. The SMILES string of the molecule is CC[C@H](C)NC(=O)[C@@H](C)N(Cc1cccc(Br)c1)C(=O)Cc1ccccc1C. The molecule has 2 aromatic rings. The molecule has 0 aliphatic carbocycles. The van der Waals surface area contributed by atoms with Gasteiger partial charge in [-0.3, -0.25) is 9.59 Å². The first kappa shape index (κ1) is 22.2. The van der Waals surface area contributed by atoms with Gasteiger partial charge in [0.2, 0.25) is 11.8 Å². The molecule has 0 aromatic heterocycles. The molecule has 28 heavy (non-hydrogen) atoms. The predicted molar refractivity (Wildman–Crippen MR) is 117 cm³/mol. The summed E-state index contributed by atoms with van der Waals surface area (Å²) in [6.45, 7) is 8.18. The van der Waals surface area contributed by atoms with Crippen molar-refractivity contribution in [2.45, 2.75) is 59.2 Å². The van der Waals surface area contributed by atoms with Crippen LogP contribution in [0.1, 0.15) is 43.9 Å². The average molecular weight is 445 g/mol. The van der Waals surface area contributed by atoms with Gasteiger partial charge < -0.3 is 10.2 Å². The van der Waals surface area contributed by atoms with E-state index in [2.05, 4.69) is 21.2 Å². The molecule has 1 N–H and O–H groups in total. The number of rotatable bonds is 8. The lowest BCUT2D eigenvalue weighted by molar-refractivity contribution is -0.140. The van der Waals surface area contributed by atoms with Crippen molar-refractivity contribution in [2.75, 3.05) is 0 Å². The largest absolute Gasteiger partial charge is 0.352 e. The summed E-state index contributed by atoms with van der Waals surface area (Å²) in [5.41, 5.74) is 3.05. The Hall–Kier alpha value is -2.14. The number of hydrogen-bond donors (Lipinski definition) is 1. The molecular formula is C23H29BrN2O2. The maximum atomic E-state index is 13.2. The Morgan fingerprint density at radius 3 is 2.46 bits per heavy atom. The van der Waals surface area contributed by atoms with E-state index < -0.39 is 6.04 Å². The Morgan fingerprint density at radius 2 is 1.82 bits per heavy atom. The molecule has 0 aliphatic heterocycles. The quantitative estimate of drug-likeness (QED) is 0.644. The van der Waals surface area contributed by atoms with Gasteiger partial charge in [0.1, 0.15) is 6.04 Å². The second-order valence-corrected chi connectivity index (χ2v) is 8.16. The van der Waals surface area contributed by atoms with Crippen LogP contribution >= 0.6 is 15.9 Å². The molecule has 0 fully saturated rings. The first-order valence-electron chi connectivity index (χ1n) is 9.70. The van der Waals surface area contributed by atoms with Crippen LogP contribution in [0.2, 0.25) is 0 Å². The molecule has 0 heterocycles. The van der Waals surface area contributed by atoms with Crippen molar-refractivity contribution in [3.63, 3.8) is 0 Å². The van der Waals surface area contributed by atoms with E-state index in [1.54, 1.807) is 11.8 Å². The second kappa shape index (κ2) is 10.4. The van der Waals surface area contributed by atoms with Gasteiger partial charge in [-0.2, -0.15) is 0 Å². The van der Waals surface area contributed by atoms with E-state index in [-0.39, 0.29) is 24.3 Å². The molecule has 2 amide bonds. The van der Waals surface area contributed by atoms with Gasteiger partial charge in [0, 0.05) is 17.1 Å². The molecule has 2 rings (SSSR count). The number of carbonyl (C=O) groups excluding carboxylic acids is 2. The van der Waals surface area contributed by atoms with Gasteiger partial charge in [-0.1, -0.05) is 59.3 Å². The second-order valence-electron chi connectivity index (χ2n) is 7.25. The number of aryl methyl sites for hydroxylation is 1. The lowest BCUT2D eigenvalue weighted by Gasteiger charge is -2.30. The van der Waals surface area contributed by atoms with Crippen LogP contribution in [0.15, 0.2) is 53.0 Å². The number of amides is 2.